The SMILES string of the molecule is COc1ccc(-c2cn(-c3ccccc3)nc2C(=O)N2CCN(c3ccc(F)cc3)CC2)cc1OC. The molecule has 0 N–H and O–H groups in total. The molecule has 1 saturated heterocycles. The Balaban J connectivity index is 1.45. The van der Waals surface area contributed by atoms with Gasteiger partial charge >= 0.3 is 0 Å². The quantitative estimate of drug-likeness (QED) is 0.397. The predicted octanol–water partition coefficient (Wildman–Crippen LogP) is 4.66. The molecule has 0 atom stereocenters. The van der Waals surface area contributed by atoms with Crippen molar-refractivity contribution in [2.24, 2.45) is 0 Å². The van der Waals surface area contributed by atoms with Crippen LogP contribution in [0, 0.1) is 5.82 Å². The maximum Gasteiger partial charge on any atom is 0.275 e. The van der Waals surface area contributed by atoms with Crippen LogP contribution in [0.15, 0.2) is 79.0 Å². The third-order valence-electron chi connectivity index (χ3n) is 6.39. The normalized spacial score (nSPS) is 13.5. The first-order chi connectivity index (χ1) is 17.6. The van der Waals surface area contributed by atoms with Gasteiger partial charge < -0.3 is 19.3 Å². The van der Waals surface area contributed by atoms with Crippen molar-refractivity contribution >= 4 is 11.6 Å². The van der Waals surface area contributed by atoms with Crippen molar-refractivity contribution in [2.45, 2.75) is 0 Å². The van der Waals surface area contributed by atoms with Gasteiger partial charge in [0, 0.05) is 43.6 Å². The summed E-state index contributed by atoms with van der Waals surface area (Å²) in [5, 5.41) is 4.72. The minimum atomic E-state index is -0.260. The molecule has 1 aromatic heterocycles. The number of benzene rings is 3. The van der Waals surface area contributed by atoms with Crippen molar-refractivity contribution in [3.05, 3.63) is 90.5 Å². The largest absolute Gasteiger partial charge is 0.493 e. The van der Waals surface area contributed by atoms with Crippen LogP contribution in [0.2, 0.25) is 0 Å². The van der Waals surface area contributed by atoms with E-state index in [1.807, 2.05) is 59.6 Å². The summed E-state index contributed by atoms with van der Waals surface area (Å²) in [4.78, 5) is 17.7. The van der Waals surface area contributed by atoms with Crippen LogP contribution in [0.1, 0.15) is 10.5 Å². The Hall–Kier alpha value is -4.33. The van der Waals surface area contributed by atoms with Crippen LogP contribution >= 0.6 is 0 Å². The number of rotatable bonds is 6. The minimum Gasteiger partial charge on any atom is -0.493 e. The Morgan fingerprint density at radius 1 is 0.833 bits per heavy atom. The number of hydrogen-bond donors (Lipinski definition) is 0. The zero-order chi connectivity index (χ0) is 25.1. The highest BCUT2D eigenvalue weighted by Crippen LogP contribution is 2.34. The molecular formula is C28H27FN4O3. The fraction of sp³-hybridized carbons (Fsp3) is 0.214. The number of aromatic nitrogens is 2. The smallest absolute Gasteiger partial charge is 0.275 e. The van der Waals surface area contributed by atoms with Crippen LogP contribution < -0.4 is 14.4 Å². The zero-order valence-corrected chi connectivity index (χ0v) is 20.2. The van der Waals surface area contributed by atoms with Gasteiger partial charge in [0.25, 0.3) is 5.91 Å². The lowest BCUT2D eigenvalue weighted by atomic mass is 10.0. The predicted molar refractivity (Wildman–Crippen MR) is 137 cm³/mol. The van der Waals surface area contributed by atoms with E-state index in [0.717, 1.165) is 16.9 Å². The molecule has 7 nitrogen and oxygen atoms in total. The lowest BCUT2D eigenvalue weighted by Crippen LogP contribution is -2.49. The van der Waals surface area contributed by atoms with E-state index in [0.29, 0.717) is 48.9 Å². The van der Waals surface area contributed by atoms with Crippen LogP contribution in [0.3, 0.4) is 0 Å². The average molecular weight is 487 g/mol. The summed E-state index contributed by atoms with van der Waals surface area (Å²) in [5.74, 6) is 0.799. The highest BCUT2D eigenvalue weighted by molar-refractivity contribution is 5.99. The number of carbonyl (C=O) groups is 1. The van der Waals surface area contributed by atoms with Gasteiger partial charge in [0.05, 0.1) is 19.9 Å². The number of halogens is 1. The van der Waals surface area contributed by atoms with E-state index in [4.69, 9.17) is 14.6 Å². The van der Waals surface area contributed by atoms with Crippen LogP contribution in [0.4, 0.5) is 10.1 Å². The molecule has 184 valence electrons. The summed E-state index contributed by atoms with van der Waals surface area (Å²) < 4.78 is 25.9. The summed E-state index contributed by atoms with van der Waals surface area (Å²) in [5.41, 5.74) is 3.71. The van der Waals surface area contributed by atoms with Gasteiger partial charge in [-0.05, 0) is 54.1 Å². The topological polar surface area (TPSA) is 59.8 Å². The van der Waals surface area contributed by atoms with Gasteiger partial charge in [0.15, 0.2) is 17.2 Å². The molecule has 0 unspecified atom stereocenters. The molecule has 0 aliphatic carbocycles. The maximum absolute atomic E-state index is 13.7. The number of amides is 1. The van der Waals surface area contributed by atoms with Crippen molar-refractivity contribution in [1.82, 2.24) is 14.7 Å². The van der Waals surface area contributed by atoms with Crippen molar-refractivity contribution < 1.29 is 18.7 Å². The summed E-state index contributed by atoms with van der Waals surface area (Å²) in [6, 6.07) is 21.7. The second kappa shape index (κ2) is 10.1. The van der Waals surface area contributed by atoms with Gasteiger partial charge in [-0.3, -0.25) is 4.79 Å². The number of carbonyl (C=O) groups excluding carboxylic acids is 1. The first-order valence-corrected chi connectivity index (χ1v) is 11.7. The first kappa shape index (κ1) is 23.4. The summed E-state index contributed by atoms with van der Waals surface area (Å²) in [6.45, 7) is 2.39. The summed E-state index contributed by atoms with van der Waals surface area (Å²) in [6.07, 6.45) is 1.87. The monoisotopic (exact) mass is 486 g/mol. The molecule has 2 heterocycles. The van der Waals surface area contributed by atoms with Crippen molar-refractivity contribution in [2.75, 3.05) is 45.3 Å². The second-order valence-electron chi connectivity index (χ2n) is 8.50. The van der Waals surface area contributed by atoms with E-state index in [-0.39, 0.29) is 11.7 Å². The van der Waals surface area contributed by atoms with E-state index in [1.165, 1.54) is 12.1 Å². The highest BCUT2D eigenvalue weighted by Gasteiger charge is 2.27. The minimum absolute atomic E-state index is 0.131. The second-order valence-corrected chi connectivity index (χ2v) is 8.50. The third kappa shape index (κ3) is 4.62. The molecule has 5 rings (SSSR count). The van der Waals surface area contributed by atoms with E-state index < -0.39 is 0 Å². The number of methoxy groups -OCH3 is 2. The molecule has 3 aromatic carbocycles. The Bertz CT molecular complexity index is 1350. The summed E-state index contributed by atoms with van der Waals surface area (Å²) >= 11 is 0. The molecular weight excluding hydrogens is 459 g/mol. The van der Waals surface area contributed by atoms with Gasteiger partial charge in [-0.2, -0.15) is 5.10 Å². The number of hydrogen-bond acceptors (Lipinski definition) is 5. The number of ether oxygens (including phenoxy) is 2. The van der Waals surface area contributed by atoms with E-state index in [2.05, 4.69) is 4.90 Å². The number of piperazine rings is 1. The van der Waals surface area contributed by atoms with Gasteiger partial charge in [-0.15, -0.1) is 0 Å². The van der Waals surface area contributed by atoms with Crippen LogP contribution in [0.25, 0.3) is 16.8 Å². The molecule has 8 heteroatoms. The van der Waals surface area contributed by atoms with Gasteiger partial charge in [-0.25, -0.2) is 9.07 Å². The van der Waals surface area contributed by atoms with Crippen molar-refractivity contribution in [3.63, 3.8) is 0 Å². The van der Waals surface area contributed by atoms with Gasteiger partial charge in [0.2, 0.25) is 0 Å². The molecule has 0 saturated carbocycles. The lowest BCUT2D eigenvalue weighted by molar-refractivity contribution is 0.0741. The molecule has 0 spiro atoms. The fourth-order valence-corrected chi connectivity index (χ4v) is 4.43. The van der Waals surface area contributed by atoms with Crippen molar-refractivity contribution in [1.29, 1.82) is 0 Å². The molecule has 36 heavy (non-hydrogen) atoms. The fourth-order valence-electron chi connectivity index (χ4n) is 4.43. The zero-order valence-electron chi connectivity index (χ0n) is 20.2. The van der Waals surface area contributed by atoms with E-state index in [9.17, 15) is 9.18 Å². The van der Waals surface area contributed by atoms with Gasteiger partial charge in [0.1, 0.15) is 5.82 Å². The molecule has 0 bridgehead atoms. The van der Waals surface area contributed by atoms with Crippen LogP contribution in [0.5, 0.6) is 11.5 Å². The molecule has 1 aliphatic rings. The Morgan fingerprint density at radius 3 is 2.19 bits per heavy atom. The number of nitrogens with zero attached hydrogens (tertiary/aromatic N) is 4. The van der Waals surface area contributed by atoms with Crippen LogP contribution in [-0.4, -0.2) is 61.0 Å². The van der Waals surface area contributed by atoms with Crippen LogP contribution in [-0.2, 0) is 0 Å². The molecule has 4 aromatic rings. The van der Waals surface area contributed by atoms with E-state index >= 15 is 0 Å². The Labute approximate surface area is 209 Å². The third-order valence-corrected chi connectivity index (χ3v) is 6.39. The molecule has 1 amide bonds. The maximum atomic E-state index is 13.7. The summed E-state index contributed by atoms with van der Waals surface area (Å²) in [7, 11) is 3.17. The van der Waals surface area contributed by atoms with Gasteiger partial charge in [-0.1, -0.05) is 24.3 Å². The Morgan fingerprint density at radius 2 is 1.53 bits per heavy atom. The lowest BCUT2D eigenvalue weighted by Gasteiger charge is -2.36. The number of anilines is 1. The average Bonchev–Trinajstić information content (AvgIpc) is 3.39. The van der Waals surface area contributed by atoms with Crippen molar-refractivity contribution in [3.8, 4) is 28.3 Å². The molecule has 1 fully saturated rings. The Kier molecular flexibility index (Phi) is 6.58. The van der Waals surface area contributed by atoms with E-state index in [1.54, 1.807) is 31.0 Å². The number of para-hydroxylation sites is 1. The standard InChI is InChI=1S/C28H27FN4O3/c1-35-25-13-8-20(18-26(25)36-2)24-19-33(23-6-4-3-5-7-23)30-27(24)28(34)32-16-14-31(15-17-32)22-11-9-21(29)10-12-22/h3-13,18-19H,14-17H2,1-2H3. The first-order valence-electron chi connectivity index (χ1n) is 11.7. The highest BCUT2D eigenvalue weighted by atomic mass is 19.1. The molecule has 1 aliphatic heterocycles. The molecule has 0 radical (unpaired) electrons.